The summed E-state index contributed by atoms with van der Waals surface area (Å²) in [5, 5.41) is 0.402. The van der Waals surface area contributed by atoms with Gasteiger partial charge in [0.25, 0.3) is 0 Å². The molecule has 0 amide bonds. The zero-order chi connectivity index (χ0) is 19.2. The third-order valence-corrected chi connectivity index (χ3v) is 6.31. The minimum Gasteiger partial charge on any atom is -0.382 e. The largest absolute Gasteiger partial charge is 0.382 e. The van der Waals surface area contributed by atoms with Crippen LogP contribution in [0.2, 0.25) is 5.02 Å². The molecule has 9 heteroatoms. The molecule has 2 N–H and O–H groups in total. The van der Waals surface area contributed by atoms with Gasteiger partial charge in [0, 0.05) is 30.9 Å². The Bertz CT molecular complexity index is 1140. The van der Waals surface area contributed by atoms with E-state index in [1.54, 1.807) is 12.3 Å². The molecule has 5 heterocycles. The van der Waals surface area contributed by atoms with Crippen LogP contribution in [0.5, 0.6) is 0 Å². The summed E-state index contributed by atoms with van der Waals surface area (Å²) in [5.74, 6) is 3.48. The summed E-state index contributed by atoms with van der Waals surface area (Å²) >= 11 is 6.20. The van der Waals surface area contributed by atoms with Crippen LogP contribution in [0.4, 0.5) is 11.6 Å². The van der Waals surface area contributed by atoms with E-state index in [1.165, 1.54) is 6.42 Å². The first-order valence-corrected chi connectivity index (χ1v) is 9.91. The summed E-state index contributed by atoms with van der Waals surface area (Å²) in [5.41, 5.74) is 7.74. The van der Waals surface area contributed by atoms with Crippen LogP contribution in [0.15, 0.2) is 12.3 Å². The second-order valence-electron chi connectivity index (χ2n) is 8.30. The van der Waals surface area contributed by atoms with Gasteiger partial charge in [0.15, 0.2) is 22.8 Å². The molecule has 1 saturated carbocycles. The zero-order valence-electron chi connectivity index (χ0n) is 15.7. The molecule has 0 radical (unpaired) electrons. The molecular weight excluding hydrogens is 378 g/mol. The molecule has 3 aromatic heterocycles. The first-order valence-electron chi connectivity index (χ1n) is 9.53. The summed E-state index contributed by atoms with van der Waals surface area (Å²) in [4.78, 5) is 21.2. The zero-order valence-corrected chi connectivity index (χ0v) is 16.4. The Balaban J connectivity index is 1.60. The van der Waals surface area contributed by atoms with Crippen LogP contribution in [-0.2, 0) is 16.9 Å². The van der Waals surface area contributed by atoms with Gasteiger partial charge >= 0.3 is 0 Å². The van der Waals surface area contributed by atoms with E-state index in [1.807, 2.05) is 13.8 Å². The first-order chi connectivity index (χ1) is 13.4. The van der Waals surface area contributed by atoms with Gasteiger partial charge in [-0.05, 0) is 32.3 Å². The maximum absolute atomic E-state index is 6.20. The lowest BCUT2D eigenvalue weighted by Gasteiger charge is -2.31. The highest BCUT2D eigenvalue weighted by Crippen LogP contribution is 2.49. The summed E-state index contributed by atoms with van der Waals surface area (Å²) in [7, 11) is 0. The van der Waals surface area contributed by atoms with E-state index in [0.29, 0.717) is 29.3 Å². The van der Waals surface area contributed by atoms with Crippen molar-refractivity contribution in [1.82, 2.24) is 24.5 Å². The van der Waals surface area contributed by atoms with Gasteiger partial charge in [-0.1, -0.05) is 11.6 Å². The Hall–Kier alpha value is -2.45. The number of pyridine rings is 1. The van der Waals surface area contributed by atoms with E-state index in [0.717, 1.165) is 47.4 Å². The van der Waals surface area contributed by atoms with E-state index < -0.39 is 5.60 Å². The number of ether oxygens (including phenoxy) is 1. The molecule has 3 aromatic rings. The highest BCUT2D eigenvalue weighted by Gasteiger charge is 2.53. The third-order valence-electron chi connectivity index (χ3n) is 6.01. The number of imidazole rings is 1. The van der Waals surface area contributed by atoms with E-state index >= 15 is 0 Å². The van der Waals surface area contributed by atoms with Crippen LogP contribution < -0.4 is 10.6 Å². The van der Waals surface area contributed by atoms with Crippen LogP contribution in [0.25, 0.3) is 22.6 Å². The molecule has 2 fully saturated rings. The van der Waals surface area contributed by atoms with Crippen molar-refractivity contribution < 1.29 is 4.74 Å². The molecule has 2 unspecified atom stereocenters. The summed E-state index contributed by atoms with van der Waals surface area (Å²) in [6, 6.07) is 2.35. The molecule has 0 aromatic carbocycles. The molecule has 1 aliphatic carbocycles. The number of rotatable bonds is 2. The Morgan fingerprint density at radius 1 is 1.29 bits per heavy atom. The van der Waals surface area contributed by atoms with E-state index in [2.05, 4.69) is 14.5 Å². The van der Waals surface area contributed by atoms with Gasteiger partial charge in [-0.2, -0.15) is 0 Å². The van der Waals surface area contributed by atoms with Crippen molar-refractivity contribution in [3.8, 4) is 11.4 Å². The molecule has 6 rings (SSSR count). The fourth-order valence-corrected chi connectivity index (χ4v) is 4.48. The lowest BCUT2D eigenvalue weighted by Crippen LogP contribution is -2.40. The quantitative estimate of drug-likeness (QED) is 0.710. The third kappa shape index (κ3) is 2.21. The average Bonchev–Trinajstić information content (AvgIpc) is 3.11. The minimum absolute atomic E-state index is 0.302. The Morgan fingerprint density at radius 3 is 2.86 bits per heavy atom. The van der Waals surface area contributed by atoms with Gasteiger partial charge in [-0.3, -0.25) is 0 Å². The molecule has 0 spiro atoms. The van der Waals surface area contributed by atoms with E-state index in [4.69, 9.17) is 37.0 Å². The lowest BCUT2D eigenvalue weighted by atomic mass is 10.1. The number of nitrogens with two attached hydrogens (primary N) is 1. The molecule has 28 heavy (non-hydrogen) atoms. The van der Waals surface area contributed by atoms with Crippen LogP contribution in [0, 0.1) is 5.92 Å². The minimum atomic E-state index is -0.459. The molecule has 2 atom stereocenters. The van der Waals surface area contributed by atoms with Crippen molar-refractivity contribution in [2.24, 2.45) is 5.92 Å². The molecule has 2 aliphatic heterocycles. The predicted octanol–water partition coefficient (Wildman–Crippen LogP) is 2.60. The molecule has 3 aliphatic rings. The molecule has 144 valence electrons. The van der Waals surface area contributed by atoms with Gasteiger partial charge in [0.2, 0.25) is 0 Å². The van der Waals surface area contributed by atoms with Crippen molar-refractivity contribution in [2.75, 3.05) is 23.8 Å². The Labute approximate surface area is 166 Å². The van der Waals surface area contributed by atoms with Crippen LogP contribution in [0.1, 0.15) is 26.1 Å². The highest BCUT2D eigenvalue weighted by molar-refractivity contribution is 6.33. The van der Waals surface area contributed by atoms with Gasteiger partial charge in [-0.25, -0.2) is 19.9 Å². The summed E-state index contributed by atoms with van der Waals surface area (Å²) in [6.07, 6.45) is 2.90. The lowest BCUT2D eigenvalue weighted by molar-refractivity contribution is -0.0530. The topological polar surface area (TPSA) is 95.0 Å². The second kappa shape index (κ2) is 5.33. The van der Waals surface area contributed by atoms with E-state index in [9.17, 15) is 0 Å². The van der Waals surface area contributed by atoms with Crippen molar-refractivity contribution in [3.63, 3.8) is 0 Å². The summed E-state index contributed by atoms with van der Waals surface area (Å²) in [6.45, 7) is 6.46. The monoisotopic (exact) mass is 397 g/mol. The van der Waals surface area contributed by atoms with Gasteiger partial charge in [-0.15, -0.1) is 0 Å². The second-order valence-corrected chi connectivity index (χ2v) is 8.70. The number of nitrogens with zero attached hydrogens (tertiary/aromatic N) is 6. The molecular formula is C19H20ClN7O. The van der Waals surface area contributed by atoms with Crippen molar-refractivity contribution >= 4 is 34.4 Å². The van der Waals surface area contributed by atoms with Gasteiger partial charge in [0.05, 0.1) is 11.6 Å². The molecule has 1 saturated heterocycles. The predicted molar refractivity (Wildman–Crippen MR) is 106 cm³/mol. The fraction of sp³-hybridized carbons (Fsp3) is 0.474. The summed E-state index contributed by atoms with van der Waals surface area (Å²) < 4.78 is 8.11. The molecule has 8 nitrogen and oxygen atoms in total. The SMILES string of the molecule is CC1(C)OCCn2c1nc1c(N3CC4CC43)nc(-c3cnc(N)c(Cl)c3)nc12. The number of halogens is 1. The number of nitrogen functional groups attached to an aromatic ring is 1. The first kappa shape index (κ1) is 16.5. The van der Waals surface area contributed by atoms with Gasteiger partial charge in [0.1, 0.15) is 17.2 Å². The number of hydrogen-bond donors (Lipinski definition) is 1. The van der Waals surface area contributed by atoms with Crippen LogP contribution in [-0.4, -0.2) is 43.7 Å². The average molecular weight is 398 g/mol. The normalized spacial score (nSPS) is 24.6. The fourth-order valence-electron chi connectivity index (χ4n) is 4.32. The van der Waals surface area contributed by atoms with Crippen molar-refractivity contribution in [3.05, 3.63) is 23.1 Å². The van der Waals surface area contributed by atoms with Crippen molar-refractivity contribution in [1.29, 1.82) is 0 Å². The van der Waals surface area contributed by atoms with Gasteiger partial charge < -0.3 is 19.9 Å². The highest BCUT2D eigenvalue weighted by atomic mass is 35.5. The standard InChI is InChI=1S/C19H20ClN7O/c1-19(2)18-23-13-16(26(18)3-4-28-19)24-15(9-5-11(20)14(21)22-7-9)25-17(13)27-8-10-6-12(10)27/h5,7,10,12H,3-4,6,8H2,1-2H3,(H2,21,22). The Kier molecular flexibility index (Phi) is 3.14. The molecule has 0 bridgehead atoms. The van der Waals surface area contributed by atoms with Crippen molar-refractivity contribution in [2.45, 2.75) is 38.5 Å². The number of fused-ring (bicyclic) bond motifs is 4. The maximum atomic E-state index is 6.20. The number of aromatic nitrogens is 5. The maximum Gasteiger partial charge on any atom is 0.166 e. The van der Waals surface area contributed by atoms with Crippen LogP contribution in [0.3, 0.4) is 0 Å². The number of anilines is 2. The van der Waals surface area contributed by atoms with Crippen LogP contribution >= 0.6 is 11.6 Å². The smallest absolute Gasteiger partial charge is 0.166 e. The van der Waals surface area contributed by atoms with E-state index in [-0.39, 0.29) is 0 Å². The Morgan fingerprint density at radius 2 is 2.14 bits per heavy atom. The number of hydrogen-bond acceptors (Lipinski definition) is 7.